The van der Waals surface area contributed by atoms with Crippen LogP contribution in [0.1, 0.15) is 44.7 Å². The third kappa shape index (κ3) is 5.32. The third-order valence-corrected chi connectivity index (χ3v) is 5.59. The average molecular weight is 448 g/mol. The topological polar surface area (TPSA) is 91.2 Å². The number of benzene rings is 1. The van der Waals surface area contributed by atoms with Crippen LogP contribution in [0, 0.1) is 0 Å². The van der Waals surface area contributed by atoms with Gasteiger partial charge in [-0.1, -0.05) is 24.3 Å². The number of ether oxygens (including phenoxy) is 2. The molecule has 0 spiro atoms. The number of nitrogens with one attached hydrogen (secondary N) is 1. The first-order valence-corrected chi connectivity index (χ1v) is 11.4. The van der Waals surface area contributed by atoms with Crippen molar-refractivity contribution in [2.45, 2.75) is 70.7 Å². The van der Waals surface area contributed by atoms with E-state index in [4.69, 9.17) is 9.47 Å². The van der Waals surface area contributed by atoms with Gasteiger partial charge in [0.1, 0.15) is 18.2 Å². The first-order valence-electron chi connectivity index (χ1n) is 11.4. The lowest BCUT2D eigenvalue weighted by Crippen LogP contribution is -2.26. The van der Waals surface area contributed by atoms with Gasteiger partial charge in [0.2, 0.25) is 11.8 Å². The van der Waals surface area contributed by atoms with Gasteiger partial charge in [-0.25, -0.2) is 9.97 Å². The lowest BCUT2D eigenvalue weighted by molar-refractivity contribution is -0.155. The van der Waals surface area contributed by atoms with E-state index in [0.29, 0.717) is 17.9 Å². The van der Waals surface area contributed by atoms with Crippen molar-refractivity contribution >= 4 is 11.9 Å². The molecule has 2 heterocycles. The number of fused-ring (bicyclic) bond motifs is 1. The van der Waals surface area contributed by atoms with Crippen molar-refractivity contribution in [3.05, 3.63) is 54.0 Å². The molecule has 0 radical (unpaired) electrons. The van der Waals surface area contributed by atoms with Gasteiger partial charge in [-0.3, -0.25) is 9.48 Å². The molecule has 1 fully saturated rings. The monoisotopic (exact) mass is 447 g/mol. The van der Waals surface area contributed by atoms with E-state index in [9.17, 15) is 4.79 Å². The van der Waals surface area contributed by atoms with E-state index in [0.717, 1.165) is 36.8 Å². The van der Waals surface area contributed by atoms with E-state index in [1.54, 1.807) is 23.3 Å². The second-order valence-corrected chi connectivity index (χ2v) is 9.76. The molecule has 0 atom stereocenters. The molecule has 172 valence electrons. The molecule has 0 amide bonds. The van der Waals surface area contributed by atoms with Gasteiger partial charge in [0.05, 0.1) is 5.56 Å². The Kier molecular flexibility index (Phi) is 5.52. The van der Waals surface area contributed by atoms with Gasteiger partial charge in [-0.05, 0) is 57.6 Å². The molecular formula is C25H29N5O3. The predicted molar refractivity (Wildman–Crippen MR) is 124 cm³/mol. The van der Waals surface area contributed by atoms with Crippen LogP contribution in [0.25, 0.3) is 11.1 Å². The number of aromatic nitrogens is 4. The van der Waals surface area contributed by atoms with Gasteiger partial charge in [-0.2, -0.15) is 0 Å². The number of anilines is 1. The summed E-state index contributed by atoms with van der Waals surface area (Å²) >= 11 is 0. The molecule has 1 N–H and O–H groups in total. The van der Waals surface area contributed by atoms with Crippen molar-refractivity contribution in [3.63, 3.8) is 0 Å². The summed E-state index contributed by atoms with van der Waals surface area (Å²) in [6.07, 6.45) is 9.48. The highest BCUT2D eigenvalue weighted by molar-refractivity contribution is 5.71. The summed E-state index contributed by atoms with van der Waals surface area (Å²) in [5, 5.41) is 7.93. The maximum absolute atomic E-state index is 12.3. The van der Waals surface area contributed by atoms with Crippen LogP contribution in [-0.2, 0) is 28.9 Å². The van der Waals surface area contributed by atoms with Crippen molar-refractivity contribution in [1.82, 2.24) is 19.7 Å². The van der Waals surface area contributed by atoms with Crippen LogP contribution < -0.4 is 10.1 Å². The normalized spacial score (nSPS) is 15.8. The summed E-state index contributed by atoms with van der Waals surface area (Å²) < 4.78 is 13.0. The van der Waals surface area contributed by atoms with Crippen molar-refractivity contribution in [2.24, 2.45) is 0 Å². The van der Waals surface area contributed by atoms with E-state index < -0.39 is 5.60 Å². The molecule has 3 aromatic rings. The molecule has 5 rings (SSSR count). The van der Waals surface area contributed by atoms with E-state index in [1.165, 1.54) is 11.1 Å². The van der Waals surface area contributed by atoms with E-state index in [2.05, 4.69) is 44.6 Å². The fraction of sp³-hybridized carbons (Fsp3) is 0.440. The maximum Gasteiger partial charge on any atom is 0.328 e. The van der Waals surface area contributed by atoms with Gasteiger partial charge < -0.3 is 14.8 Å². The number of rotatable bonds is 7. The minimum atomic E-state index is -0.544. The fourth-order valence-corrected chi connectivity index (χ4v) is 4.00. The van der Waals surface area contributed by atoms with Gasteiger partial charge in [-0.15, -0.1) is 5.10 Å². The Morgan fingerprint density at radius 2 is 1.79 bits per heavy atom. The Hall–Kier alpha value is -3.42. The van der Waals surface area contributed by atoms with Crippen molar-refractivity contribution < 1.29 is 14.3 Å². The Morgan fingerprint density at radius 3 is 2.39 bits per heavy atom. The van der Waals surface area contributed by atoms with Gasteiger partial charge in [0, 0.05) is 30.2 Å². The molecule has 33 heavy (non-hydrogen) atoms. The maximum atomic E-state index is 12.3. The molecule has 2 aliphatic carbocycles. The lowest BCUT2D eigenvalue weighted by Gasteiger charge is -2.19. The average Bonchev–Trinajstić information content (AvgIpc) is 3.33. The third-order valence-electron chi connectivity index (χ3n) is 5.59. The SMILES string of the molecule is CC(C)(C)OC(=O)Cn1cc(-c2cnc(NC3Cc4ccccc4C3)nc2)c(OC2CC2)n1. The van der Waals surface area contributed by atoms with Crippen LogP contribution in [0.4, 0.5) is 5.95 Å². The van der Waals surface area contributed by atoms with Gasteiger partial charge >= 0.3 is 5.97 Å². The summed E-state index contributed by atoms with van der Waals surface area (Å²) in [4.78, 5) is 21.3. The highest BCUT2D eigenvalue weighted by atomic mass is 16.6. The van der Waals surface area contributed by atoms with Crippen LogP contribution in [0.3, 0.4) is 0 Å². The molecule has 0 bridgehead atoms. The molecule has 8 nitrogen and oxygen atoms in total. The Morgan fingerprint density at radius 1 is 1.12 bits per heavy atom. The van der Waals surface area contributed by atoms with Gasteiger partial charge in [0.25, 0.3) is 0 Å². The number of carbonyl (C=O) groups excluding carboxylic acids is 1. The Labute approximate surface area is 193 Å². The van der Waals surface area contributed by atoms with Gasteiger partial charge in [0.15, 0.2) is 0 Å². The molecule has 0 saturated heterocycles. The van der Waals surface area contributed by atoms with Crippen LogP contribution in [0.2, 0.25) is 0 Å². The lowest BCUT2D eigenvalue weighted by atomic mass is 10.1. The highest BCUT2D eigenvalue weighted by Gasteiger charge is 2.27. The zero-order valence-corrected chi connectivity index (χ0v) is 19.2. The summed E-state index contributed by atoms with van der Waals surface area (Å²) in [6.45, 7) is 5.55. The number of hydrogen-bond acceptors (Lipinski definition) is 7. The molecule has 1 saturated carbocycles. The van der Waals surface area contributed by atoms with Crippen molar-refractivity contribution in [1.29, 1.82) is 0 Å². The van der Waals surface area contributed by atoms with Crippen LogP contribution in [-0.4, -0.2) is 43.5 Å². The van der Waals surface area contributed by atoms with E-state index >= 15 is 0 Å². The first kappa shape index (κ1) is 21.4. The highest BCUT2D eigenvalue weighted by Crippen LogP contribution is 2.34. The van der Waals surface area contributed by atoms with Crippen LogP contribution >= 0.6 is 0 Å². The summed E-state index contributed by atoms with van der Waals surface area (Å²) in [7, 11) is 0. The molecular weight excluding hydrogens is 418 g/mol. The molecule has 0 unspecified atom stereocenters. The molecule has 0 aliphatic heterocycles. The second kappa shape index (κ2) is 8.50. The summed E-state index contributed by atoms with van der Waals surface area (Å²) in [5.41, 5.74) is 3.78. The minimum absolute atomic E-state index is 0.0149. The second-order valence-electron chi connectivity index (χ2n) is 9.76. The minimum Gasteiger partial charge on any atom is -0.473 e. The quantitative estimate of drug-likeness (QED) is 0.551. The van der Waals surface area contributed by atoms with Crippen molar-refractivity contribution in [2.75, 3.05) is 5.32 Å². The standard InChI is InChI=1S/C25H29N5O3/c1-25(2,3)33-22(31)15-30-14-21(23(29-30)32-20-8-9-20)18-12-26-24(27-13-18)28-19-10-16-6-4-5-7-17(16)11-19/h4-7,12-14,19-20H,8-11,15H2,1-3H3,(H,26,27,28). The largest absolute Gasteiger partial charge is 0.473 e. The first-order chi connectivity index (χ1) is 15.8. The number of hydrogen-bond donors (Lipinski definition) is 1. The zero-order chi connectivity index (χ0) is 23.0. The van der Waals surface area contributed by atoms with Crippen LogP contribution in [0.5, 0.6) is 5.88 Å². The molecule has 2 aromatic heterocycles. The smallest absolute Gasteiger partial charge is 0.328 e. The summed E-state index contributed by atoms with van der Waals surface area (Å²) in [5.74, 6) is 0.752. The number of carbonyl (C=O) groups is 1. The zero-order valence-electron chi connectivity index (χ0n) is 19.2. The predicted octanol–water partition coefficient (Wildman–Crippen LogP) is 3.80. The van der Waals surface area contributed by atoms with E-state index in [-0.39, 0.29) is 18.6 Å². The Balaban J connectivity index is 1.29. The number of esters is 1. The molecule has 8 heteroatoms. The summed E-state index contributed by atoms with van der Waals surface area (Å²) in [6, 6.07) is 8.81. The Bertz CT molecular complexity index is 1120. The number of nitrogens with zero attached hydrogens (tertiary/aromatic N) is 4. The molecule has 1 aromatic carbocycles. The fourth-order valence-electron chi connectivity index (χ4n) is 4.00. The molecule has 2 aliphatic rings. The van der Waals surface area contributed by atoms with Crippen LogP contribution in [0.15, 0.2) is 42.9 Å². The van der Waals surface area contributed by atoms with Crippen molar-refractivity contribution in [3.8, 4) is 17.0 Å². The van der Waals surface area contributed by atoms with E-state index in [1.807, 2.05) is 20.8 Å².